The van der Waals surface area contributed by atoms with Crippen molar-refractivity contribution in [3.8, 4) is 6.07 Å². The Bertz CT molecular complexity index is 871. The van der Waals surface area contributed by atoms with Crippen molar-refractivity contribution in [2.45, 2.75) is 6.54 Å². The Kier molecular flexibility index (Phi) is 3.99. The van der Waals surface area contributed by atoms with E-state index in [1.807, 2.05) is 35.7 Å². The molecule has 0 aliphatic rings. The predicted octanol–water partition coefficient (Wildman–Crippen LogP) is 2.85. The molecule has 108 valence electrons. The van der Waals surface area contributed by atoms with Crippen LogP contribution in [-0.2, 0) is 11.3 Å². The third-order valence-corrected chi connectivity index (χ3v) is 4.03. The monoisotopic (exact) mass is 308 g/mol. The molecule has 0 aromatic carbocycles. The van der Waals surface area contributed by atoms with Gasteiger partial charge in [0.05, 0.1) is 6.54 Å². The highest BCUT2D eigenvalue weighted by atomic mass is 32.1. The molecule has 0 bridgehead atoms. The molecule has 1 amide bonds. The zero-order valence-electron chi connectivity index (χ0n) is 11.5. The van der Waals surface area contributed by atoms with Crippen LogP contribution < -0.4 is 5.32 Å². The van der Waals surface area contributed by atoms with Crippen LogP contribution in [0.5, 0.6) is 0 Å². The van der Waals surface area contributed by atoms with Crippen molar-refractivity contribution in [3.05, 3.63) is 58.1 Å². The van der Waals surface area contributed by atoms with Gasteiger partial charge >= 0.3 is 0 Å². The van der Waals surface area contributed by atoms with E-state index in [1.165, 1.54) is 0 Å². The van der Waals surface area contributed by atoms with E-state index in [1.54, 1.807) is 29.8 Å². The van der Waals surface area contributed by atoms with Crippen LogP contribution in [-0.4, -0.2) is 15.9 Å². The number of thiophene rings is 1. The first-order valence-corrected chi connectivity index (χ1v) is 7.50. The molecule has 0 saturated carbocycles. The Hall–Kier alpha value is -2.91. The van der Waals surface area contributed by atoms with Gasteiger partial charge in [0.2, 0.25) is 0 Å². The molecule has 0 saturated heterocycles. The SMILES string of the molecule is N#C/C(=C\c1c[nH]c2ncccc12)C(=O)NCc1cccs1. The lowest BCUT2D eigenvalue weighted by Crippen LogP contribution is -2.23. The van der Waals surface area contributed by atoms with E-state index in [9.17, 15) is 10.1 Å². The number of pyridine rings is 1. The Balaban J connectivity index is 1.81. The van der Waals surface area contributed by atoms with Crippen LogP contribution in [0.2, 0.25) is 0 Å². The summed E-state index contributed by atoms with van der Waals surface area (Å²) in [7, 11) is 0. The molecular formula is C16H12N4OS. The van der Waals surface area contributed by atoms with Crippen LogP contribution in [0.15, 0.2) is 47.6 Å². The lowest BCUT2D eigenvalue weighted by atomic mass is 10.1. The van der Waals surface area contributed by atoms with Crippen molar-refractivity contribution in [2.24, 2.45) is 0 Å². The number of carbonyl (C=O) groups excluding carboxylic acids is 1. The molecule has 22 heavy (non-hydrogen) atoms. The van der Waals surface area contributed by atoms with Crippen LogP contribution in [0.1, 0.15) is 10.4 Å². The van der Waals surface area contributed by atoms with Crippen LogP contribution in [0.25, 0.3) is 17.1 Å². The number of aromatic nitrogens is 2. The zero-order valence-corrected chi connectivity index (χ0v) is 12.4. The number of hydrogen-bond donors (Lipinski definition) is 2. The van der Waals surface area contributed by atoms with Gasteiger partial charge in [0.1, 0.15) is 17.3 Å². The zero-order chi connectivity index (χ0) is 15.4. The van der Waals surface area contributed by atoms with E-state index in [0.29, 0.717) is 6.54 Å². The van der Waals surface area contributed by atoms with Crippen LogP contribution in [0.4, 0.5) is 0 Å². The first-order chi connectivity index (χ1) is 10.8. The summed E-state index contributed by atoms with van der Waals surface area (Å²) >= 11 is 1.56. The summed E-state index contributed by atoms with van der Waals surface area (Å²) in [6.45, 7) is 0.422. The standard InChI is InChI=1S/C16H12N4OS/c17-8-11(16(21)20-10-13-3-2-6-22-13)7-12-9-19-15-14(12)4-1-5-18-15/h1-7,9H,10H2,(H,18,19)(H,20,21)/b11-7+. The van der Waals surface area contributed by atoms with Gasteiger partial charge in [-0.2, -0.15) is 5.26 Å². The molecule has 0 spiro atoms. The molecule has 0 unspecified atom stereocenters. The maximum absolute atomic E-state index is 12.1. The number of carbonyl (C=O) groups is 1. The quantitative estimate of drug-likeness (QED) is 0.574. The normalized spacial score (nSPS) is 11.3. The molecule has 6 heteroatoms. The fraction of sp³-hybridized carbons (Fsp3) is 0.0625. The fourth-order valence-electron chi connectivity index (χ4n) is 2.08. The van der Waals surface area contributed by atoms with E-state index in [2.05, 4.69) is 15.3 Å². The van der Waals surface area contributed by atoms with Gasteiger partial charge in [-0.15, -0.1) is 11.3 Å². The average molecular weight is 308 g/mol. The molecule has 3 heterocycles. The highest BCUT2D eigenvalue weighted by Gasteiger charge is 2.11. The summed E-state index contributed by atoms with van der Waals surface area (Å²) < 4.78 is 0. The van der Waals surface area contributed by atoms with Gasteiger partial charge in [-0.1, -0.05) is 6.07 Å². The number of nitrogens with zero attached hydrogens (tertiary/aromatic N) is 2. The first kappa shape index (κ1) is 14.0. The third kappa shape index (κ3) is 2.90. The molecule has 0 aliphatic carbocycles. The number of hydrogen-bond acceptors (Lipinski definition) is 4. The fourth-order valence-corrected chi connectivity index (χ4v) is 2.72. The molecule has 5 nitrogen and oxygen atoms in total. The molecule has 3 aromatic heterocycles. The van der Waals surface area contributed by atoms with Gasteiger partial charge in [-0.05, 0) is 29.7 Å². The van der Waals surface area contributed by atoms with Crippen LogP contribution in [0.3, 0.4) is 0 Å². The van der Waals surface area contributed by atoms with Crippen LogP contribution >= 0.6 is 11.3 Å². The summed E-state index contributed by atoms with van der Waals surface area (Å²) in [5.74, 6) is -0.380. The summed E-state index contributed by atoms with van der Waals surface area (Å²) in [6.07, 6.45) is 5.00. The minimum atomic E-state index is -0.380. The maximum atomic E-state index is 12.1. The van der Waals surface area contributed by atoms with Crippen molar-refractivity contribution in [1.29, 1.82) is 5.26 Å². The highest BCUT2D eigenvalue weighted by molar-refractivity contribution is 7.09. The number of aromatic amines is 1. The average Bonchev–Trinajstić information content (AvgIpc) is 3.20. The van der Waals surface area contributed by atoms with E-state index >= 15 is 0 Å². The van der Waals surface area contributed by atoms with Crippen LogP contribution in [0, 0.1) is 11.3 Å². The van der Waals surface area contributed by atoms with Crippen molar-refractivity contribution in [2.75, 3.05) is 0 Å². The number of amides is 1. The summed E-state index contributed by atoms with van der Waals surface area (Å²) in [6, 6.07) is 9.52. The van der Waals surface area contributed by atoms with Gasteiger partial charge in [0.25, 0.3) is 5.91 Å². The van der Waals surface area contributed by atoms with Gasteiger partial charge < -0.3 is 10.3 Å². The number of nitriles is 1. The first-order valence-electron chi connectivity index (χ1n) is 6.62. The third-order valence-electron chi connectivity index (χ3n) is 3.15. The van der Waals surface area contributed by atoms with Gasteiger partial charge in [0.15, 0.2) is 0 Å². The Labute approximate surface area is 130 Å². The topological polar surface area (TPSA) is 81.6 Å². The maximum Gasteiger partial charge on any atom is 0.262 e. The Morgan fingerprint density at radius 1 is 1.45 bits per heavy atom. The molecule has 3 rings (SSSR count). The molecule has 0 atom stereocenters. The molecule has 3 aromatic rings. The molecule has 0 aliphatic heterocycles. The molecular weight excluding hydrogens is 296 g/mol. The second kappa shape index (κ2) is 6.24. The lowest BCUT2D eigenvalue weighted by molar-refractivity contribution is -0.117. The van der Waals surface area contributed by atoms with E-state index in [-0.39, 0.29) is 11.5 Å². The summed E-state index contributed by atoms with van der Waals surface area (Å²) in [5.41, 5.74) is 1.57. The van der Waals surface area contributed by atoms with Crippen molar-refractivity contribution >= 4 is 34.4 Å². The second-order valence-corrected chi connectivity index (χ2v) is 5.61. The number of fused-ring (bicyclic) bond motifs is 1. The molecule has 2 N–H and O–H groups in total. The smallest absolute Gasteiger partial charge is 0.262 e. The van der Waals surface area contributed by atoms with Crippen molar-refractivity contribution in [1.82, 2.24) is 15.3 Å². The highest BCUT2D eigenvalue weighted by Crippen LogP contribution is 2.18. The van der Waals surface area contributed by atoms with Gasteiger partial charge in [-0.3, -0.25) is 4.79 Å². The van der Waals surface area contributed by atoms with E-state index in [0.717, 1.165) is 21.5 Å². The lowest BCUT2D eigenvalue weighted by Gasteiger charge is -2.02. The van der Waals surface area contributed by atoms with Gasteiger partial charge in [-0.25, -0.2) is 4.98 Å². The minimum Gasteiger partial charge on any atom is -0.347 e. The Morgan fingerprint density at radius 3 is 3.14 bits per heavy atom. The van der Waals surface area contributed by atoms with E-state index < -0.39 is 0 Å². The van der Waals surface area contributed by atoms with E-state index in [4.69, 9.17) is 0 Å². The largest absolute Gasteiger partial charge is 0.347 e. The van der Waals surface area contributed by atoms with Crippen molar-refractivity contribution < 1.29 is 4.79 Å². The number of rotatable bonds is 4. The minimum absolute atomic E-state index is 0.0707. The predicted molar refractivity (Wildman–Crippen MR) is 85.8 cm³/mol. The number of H-pyrrole nitrogens is 1. The summed E-state index contributed by atoms with van der Waals surface area (Å²) in [4.78, 5) is 20.4. The molecule has 0 fully saturated rings. The second-order valence-electron chi connectivity index (χ2n) is 4.58. The Morgan fingerprint density at radius 2 is 2.36 bits per heavy atom. The molecule has 0 radical (unpaired) electrons. The van der Waals surface area contributed by atoms with Crippen molar-refractivity contribution in [3.63, 3.8) is 0 Å². The number of nitrogens with one attached hydrogen (secondary N) is 2. The van der Waals surface area contributed by atoms with Gasteiger partial charge in [0, 0.05) is 28.2 Å². The summed E-state index contributed by atoms with van der Waals surface area (Å²) in [5, 5.41) is 14.8.